The lowest BCUT2D eigenvalue weighted by molar-refractivity contribution is 0.446. The van der Waals surface area contributed by atoms with Crippen molar-refractivity contribution in [2.75, 3.05) is 5.73 Å². The van der Waals surface area contributed by atoms with Gasteiger partial charge in [-0.3, -0.25) is 4.98 Å². The van der Waals surface area contributed by atoms with Gasteiger partial charge in [-0.1, -0.05) is 22.0 Å². The molecule has 3 rings (SSSR count). The van der Waals surface area contributed by atoms with E-state index >= 15 is 0 Å². The molecule has 0 amide bonds. The normalized spacial score (nSPS) is 10.7. The Morgan fingerprint density at radius 2 is 1.95 bits per heavy atom. The summed E-state index contributed by atoms with van der Waals surface area (Å²) in [5.41, 5.74) is 7.07. The third-order valence-electron chi connectivity index (χ3n) is 2.88. The number of ether oxygens (including phenoxy) is 1. The summed E-state index contributed by atoms with van der Waals surface area (Å²) in [7, 11) is 0. The lowest BCUT2D eigenvalue weighted by Crippen LogP contribution is -1.93. The second kappa shape index (κ2) is 5.09. The van der Waals surface area contributed by atoms with Crippen LogP contribution in [0.25, 0.3) is 10.9 Å². The maximum Gasteiger partial charge on any atom is 0.165 e. The number of hydrogen-bond donors (Lipinski definition) is 1. The molecule has 3 aromatic rings. The molecular weight excluding hydrogens is 323 g/mol. The van der Waals surface area contributed by atoms with E-state index in [9.17, 15) is 4.39 Å². The highest BCUT2D eigenvalue weighted by Crippen LogP contribution is 2.33. The minimum atomic E-state index is -0.429. The molecule has 0 unspecified atom stereocenters. The zero-order chi connectivity index (χ0) is 14.1. The molecular formula is C15H10BrFN2O. The fourth-order valence-electron chi connectivity index (χ4n) is 1.94. The van der Waals surface area contributed by atoms with Gasteiger partial charge in [0, 0.05) is 16.1 Å². The molecule has 0 saturated carbocycles. The fraction of sp³-hybridized carbons (Fsp3) is 0. The number of nitrogens with zero attached hydrogens (tertiary/aromatic N) is 1. The highest BCUT2D eigenvalue weighted by Gasteiger charge is 2.09. The zero-order valence-electron chi connectivity index (χ0n) is 10.3. The number of hydrogen-bond acceptors (Lipinski definition) is 3. The number of fused-ring (bicyclic) bond motifs is 1. The van der Waals surface area contributed by atoms with Crippen molar-refractivity contribution in [3.8, 4) is 11.5 Å². The average Bonchev–Trinajstić information content (AvgIpc) is 2.44. The molecule has 0 spiro atoms. The number of nitrogen functional groups attached to an aromatic ring is 1. The van der Waals surface area contributed by atoms with Crippen molar-refractivity contribution < 1.29 is 9.13 Å². The van der Waals surface area contributed by atoms with Crippen molar-refractivity contribution in [2.45, 2.75) is 0 Å². The number of rotatable bonds is 2. The molecule has 2 N–H and O–H groups in total. The van der Waals surface area contributed by atoms with Crippen LogP contribution < -0.4 is 10.5 Å². The average molecular weight is 333 g/mol. The lowest BCUT2D eigenvalue weighted by atomic mass is 10.2. The lowest BCUT2D eigenvalue weighted by Gasteiger charge is -2.10. The van der Waals surface area contributed by atoms with Crippen LogP contribution in [-0.4, -0.2) is 4.98 Å². The third-order valence-corrected chi connectivity index (χ3v) is 3.37. The monoisotopic (exact) mass is 332 g/mol. The molecule has 5 heteroatoms. The largest absolute Gasteiger partial charge is 0.453 e. The fourth-order valence-corrected chi connectivity index (χ4v) is 2.28. The summed E-state index contributed by atoms with van der Waals surface area (Å²) in [5, 5.41) is 0.742. The SMILES string of the molecule is Nc1cccc2c(Oc3cc(Br)ccc3F)ccnc12. The first-order valence-electron chi connectivity index (χ1n) is 5.91. The first-order chi connectivity index (χ1) is 9.65. The molecule has 1 heterocycles. The van der Waals surface area contributed by atoms with Gasteiger partial charge in [0.05, 0.1) is 11.2 Å². The summed E-state index contributed by atoms with van der Waals surface area (Å²) in [4.78, 5) is 4.21. The van der Waals surface area contributed by atoms with Gasteiger partial charge in [-0.15, -0.1) is 0 Å². The molecule has 0 aliphatic heterocycles. The van der Waals surface area contributed by atoms with Gasteiger partial charge in [0.25, 0.3) is 0 Å². The molecule has 3 nitrogen and oxygen atoms in total. The minimum Gasteiger partial charge on any atom is -0.453 e. The summed E-state index contributed by atoms with van der Waals surface area (Å²) in [5.74, 6) is 0.232. The van der Waals surface area contributed by atoms with E-state index in [1.165, 1.54) is 6.07 Å². The Morgan fingerprint density at radius 1 is 1.10 bits per heavy atom. The van der Waals surface area contributed by atoms with Gasteiger partial charge in [0.1, 0.15) is 5.75 Å². The van der Waals surface area contributed by atoms with Gasteiger partial charge in [0.15, 0.2) is 11.6 Å². The molecule has 0 aliphatic rings. The third kappa shape index (κ3) is 2.32. The van der Waals surface area contributed by atoms with Crippen LogP contribution in [0.4, 0.5) is 10.1 Å². The van der Waals surface area contributed by atoms with Crippen molar-refractivity contribution in [3.05, 3.63) is 59.0 Å². The van der Waals surface area contributed by atoms with E-state index in [-0.39, 0.29) is 5.75 Å². The molecule has 2 aromatic carbocycles. The first-order valence-corrected chi connectivity index (χ1v) is 6.70. The van der Waals surface area contributed by atoms with Crippen LogP contribution in [0.15, 0.2) is 53.1 Å². The van der Waals surface area contributed by atoms with E-state index in [4.69, 9.17) is 10.5 Å². The van der Waals surface area contributed by atoms with E-state index in [1.807, 2.05) is 12.1 Å². The smallest absolute Gasteiger partial charge is 0.165 e. The van der Waals surface area contributed by atoms with Gasteiger partial charge in [-0.2, -0.15) is 0 Å². The minimum absolute atomic E-state index is 0.147. The zero-order valence-corrected chi connectivity index (χ0v) is 11.9. The summed E-state index contributed by atoms with van der Waals surface area (Å²) in [6.07, 6.45) is 1.59. The summed E-state index contributed by atoms with van der Waals surface area (Å²) in [6, 6.07) is 11.6. The molecule has 0 fully saturated rings. The van der Waals surface area contributed by atoms with Crippen LogP contribution >= 0.6 is 15.9 Å². The highest BCUT2D eigenvalue weighted by molar-refractivity contribution is 9.10. The van der Waals surface area contributed by atoms with E-state index in [2.05, 4.69) is 20.9 Å². The second-order valence-electron chi connectivity index (χ2n) is 4.23. The number of pyridine rings is 1. The van der Waals surface area contributed by atoms with Crippen molar-refractivity contribution in [3.63, 3.8) is 0 Å². The van der Waals surface area contributed by atoms with Crippen LogP contribution in [0.2, 0.25) is 0 Å². The number of para-hydroxylation sites is 1. The van der Waals surface area contributed by atoms with Crippen LogP contribution in [0.1, 0.15) is 0 Å². The highest BCUT2D eigenvalue weighted by atomic mass is 79.9. The molecule has 0 saturated heterocycles. The topological polar surface area (TPSA) is 48.1 Å². The quantitative estimate of drug-likeness (QED) is 0.702. The van der Waals surface area contributed by atoms with Crippen molar-refractivity contribution >= 4 is 32.5 Å². The second-order valence-corrected chi connectivity index (χ2v) is 5.14. The Hall–Kier alpha value is -2.14. The van der Waals surface area contributed by atoms with E-state index in [0.29, 0.717) is 17.0 Å². The van der Waals surface area contributed by atoms with Crippen LogP contribution in [-0.2, 0) is 0 Å². The van der Waals surface area contributed by atoms with Crippen LogP contribution in [0, 0.1) is 5.82 Å². The molecule has 0 radical (unpaired) electrons. The molecule has 20 heavy (non-hydrogen) atoms. The molecule has 0 bridgehead atoms. The summed E-state index contributed by atoms with van der Waals surface area (Å²) in [6.45, 7) is 0. The predicted octanol–water partition coefficient (Wildman–Crippen LogP) is 4.51. The van der Waals surface area contributed by atoms with E-state index in [0.717, 1.165) is 9.86 Å². The standard InChI is InChI=1S/C15H10BrFN2O/c16-9-4-5-11(17)14(8-9)20-13-6-7-19-15-10(13)2-1-3-12(15)18/h1-8H,18H2. The van der Waals surface area contributed by atoms with Gasteiger partial charge >= 0.3 is 0 Å². The van der Waals surface area contributed by atoms with Crippen LogP contribution in [0.5, 0.6) is 11.5 Å². The summed E-state index contributed by atoms with van der Waals surface area (Å²) >= 11 is 3.29. The Balaban J connectivity index is 2.11. The van der Waals surface area contributed by atoms with Gasteiger partial charge < -0.3 is 10.5 Å². The van der Waals surface area contributed by atoms with E-state index < -0.39 is 5.82 Å². The molecule has 100 valence electrons. The molecule has 0 aliphatic carbocycles. The van der Waals surface area contributed by atoms with Crippen molar-refractivity contribution in [2.24, 2.45) is 0 Å². The number of nitrogens with two attached hydrogens (primary N) is 1. The maximum absolute atomic E-state index is 13.7. The van der Waals surface area contributed by atoms with Crippen LogP contribution in [0.3, 0.4) is 0 Å². The summed E-state index contributed by atoms with van der Waals surface area (Å²) < 4.78 is 20.1. The van der Waals surface area contributed by atoms with Gasteiger partial charge in [-0.25, -0.2) is 4.39 Å². The Bertz CT molecular complexity index is 792. The van der Waals surface area contributed by atoms with Crippen molar-refractivity contribution in [1.29, 1.82) is 0 Å². The molecule has 1 aromatic heterocycles. The number of aromatic nitrogens is 1. The van der Waals surface area contributed by atoms with Gasteiger partial charge in [0.2, 0.25) is 0 Å². The van der Waals surface area contributed by atoms with Crippen molar-refractivity contribution in [1.82, 2.24) is 4.98 Å². The Kier molecular flexibility index (Phi) is 3.28. The Labute approximate surface area is 123 Å². The van der Waals surface area contributed by atoms with E-state index in [1.54, 1.807) is 30.5 Å². The molecule has 0 atom stereocenters. The van der Waals surface area contributed by atoms with Gasteiger partial charge in [-0.05, 0) is 36.4 Å². The Morgan fingerprint density at radius 3 is 2.80 bits per heavy atom. The first kappa shape index (κ1) is 12.9. The predicted molar refractivity (Wildman–Crippen MR) is 80.3 cm³/mol. The number of benzene rings is 2. The maximum atomic E-state index is 13.7. The number of halogens is 2. The number of anilines is 1.